The summed E-state index contributed by atoms with van der Waals surface area (Å²) < 4.78 is 5.45. The molecule has 1 fully saturated rings. The number of aliphatic imine (C=N–C) groups is 1. The Morgan fingerprint density at radius 3 is 2.73 bits per heavy atom. The highest BCUT2D eigenvalue weighted by atomic mass is 32.1. The van der Waals surface area contributed by atoms with Crippen molar-refractivity contribution in [2.75, 3.05) is 46.4 Å². The molecule has 0 amide bonds. The number of hydrogen-bond donors (Lipinski definition) is 1. The van der Waals surface area contributed by atoms with Gasteiger partial charge < -0.3 is 14.7 Å². The lowest BCUT2D eigenvalue weighted by atomic mass is 10.1. The predicted octanol–water partition coefficient (Wildman–Crippen LogP) is 3.26. The van der Waals surface area contributed by atoms with E-state index in [4.69, 9.17) is 4.74 Å². The summed E-state index contributed by atoms with van der Waals surface area (Å²) >= 11 is 1.79. The first-order valence-electron chi connectivity index (χ1n) is 9.09. The molecular formula is C20H27N3O2S. The number of hydrogen-bond acceptors (Lipinski definition) is 6. The van der Waals surface area contributed by atoms with Crippen molar-refractivity contribution in [2.45, 2.75) is 13.0 Å². The van der Waals surface area contributed by atoms with Crippen LogP contribution in [0.25, 0.3) is 0 Å². The van der Waals surface area contributed by atoms with Crippen LogP contribution in [0, 0.1) is 0 Å². The van der Waals surface area contributed by atoms with Gasteiger partial charge in [0.1, 0.15) is 0 Å². The molecule has 2 heterocycles. The lowest BCUT2D eigenvalue weighted by molar-refractivity contribution is 0.116. The van der Waals surface area contributed by atoms with Crippen LogP contribution in [-0.2, 0) is 0 Å². The average Bonchev–Trinajstić information content (AvgIpc) is 3.17. The molecule has 0 spiro atoms. The minimum Gasteiger partial charge on any atom is -0.504 e. The lowest BCUT2D eigenvalue weighted by Gasteiger charge is -2.37. The number of para-hydroxylation sites is 1. The van der Waals surface area contributed by atoms with Crippen molar-refractivity contribution in [1.29, 1.82) is 0 Å². The van der Waals surface area contributed by atoms with E-state index in [1.54, 1.807) is 23.6 Å². The second kappa shape index (κ2) is 9.16. The van der Waals surface area contributed by atoms with Crippen molar-refractivity contribution in [3.63, 3.8) is 0 Å². The van der Waals surface area contributed by atoms with Gasteiger partial charge in [-0.2, -0.15) is 0 Å². The molecule has 0 unspecified atom stereocenters. The number of rotatable bonds is 7. The summed E-state index contributed by atoms with van der Waals surface area (Å²) in [4.78, 5) is 10.9. The average molecular weight is 374 g/mol. The standard InChI is InChI=1S/C20H27N3O2S/c1-3-25-18-7-4-6-16(20(18)24)14-21-15-17(19-8-5-13-26-19)23-11-9-22(2)10-12-23/h4-8,13-14,17,24H,3,9-12,15H2,1-2H3/t17-/m0/s1. The summed E-state index contributed by atoms with van der Waals surface area (Å²) in [7, 11) is 2.17. The highest BCUT2D eigenvalue weighted by molar-refractivity contribution is 7.10. The third-order valence-corrected chi connectivity index (χ3v) is 5.66. The summed E-state index contributed by atoms with van der Waals surface area (Å²) in [5.41, 5.74) is 0.694. The maximum absolute atomic E-state index is 10.3. The van der Waals surface area contributed by atoms with Crippen LogP contribution < -0.4 is 4.74 Å². The molecule has 1 N–H and O–H groups in total. The van der Waals surface area contributed by atoms with Gasteiger partial charge in [0.05, 0.1) is 19.2 Å². The predicted molar refractivity (Wildman–Crippen MR) is 108 cm³/mol. The van der Waals surface area contributed by atoms with E-state index >= 15 is 0 Å². The molecule has 0 aliphatic carbocycles. The Balaban J connectivity index is 1.72. The zero-order valence-electron chi connectivity index (χ0n) is 15.5. The largest absolute Gasteiger partial charge is 0.504 e. The van der Waals surface area contributed by atoms with E-state index in [2.05, 4.69) is 39.4 Å². The number of likely N-dealkylation sites (N-methyl/N-ethyl adjacent to an activating group) is 1. The van der Waals surface area contributed by atoms with Gasteiger partial charge in [-0.3, -0.25) is 9.89 Å². The van der Waals surface area contributed by atoms with E-state index in [1.165, 1.54) is 4.88 Å². The molecule has 0 saturated carbocycles. The number of ether oxygens (including phenoxy) is 1. The number of thiophene rings is 1. The Hall–Kier alpha value is -1.89. The van der Waals surface area contributed by atoms with Crippen molar-refractivity contribution in [3.8, 4) is 11.5 Å². The van der Waals surface area contributed by atoms with Crippen LogP contribution in [0.1, 0.15) is 23.4 Å². The molecule has 1 aromatic heterocycles. The first kappa shape index (κ1) is 18.9. The molecular weight excluding hydrogens is 346 g/mol. The fourth-order valence-corrected chi connectivity index (χ4v) is 4.02. The van der Waals surface area contributed by atoms with E-state index in [9.17, 15) is 5.11 Å². The van der Waals surface area contributed by atoms with Gasteiger partial charge in [-0.15, -0.1) is 11.3 Å². The first-order valence-corrected chi connectivity index (χ1v) is 9.97. The normalized spacial score (nSPS) is 17.6. The van der Waals surface area contributed by atoms with Crippen LogP contribution in [0.4, 0.5) is 0 Å². The Bertz CT molecular complexity index is 710. The molecule has 0 bridgehead atoms. The molecule has 6 heteroatoms. The van der Waals surface area contributed by atoms with Crippen molar-refractivity contribution in [3.05, 3.63) is 46.2 Å². The molecule has 0 radical (unpaired) electrons. The summed E-state index contributed by atoms with van der Waals surface area (Å²) in [5.74, 6) is 0.663. The summed E-state index contributed by atoms with van der Waals surface area (Å²) in [6.07, 6.45) is 1.76. The smallest absolute Gasteiger partial charge is 0.166 e. The van der Waals surface area contributed by atoms with Crippen LogP contribution in [0.5, 0.6) is 11.5 Å². The molecule has 2 aromatic rings. The monoisotopic (exact) mass is 373 g/mol. The van der Waals surface area contributed by atoms with Crippen LogP contribution in [0.15, 0.2) is 40.7 Å². The molecule has 1 aliphatic rings. The number of phenols is 1. The number of benzene rings is 1. The number of nitrogens with zero attached hydrogens (tertiary/aromatic N) is 3. The topological polar surface area (TPSA) is 48.3 Å². The van der Waals surface area contributed by atoms with Gasteiger partial charge in [-0.1, -0.05) is 12.1 Å². The van der Waals surface area contributed by atoms with E-state index in [0.29, 0.717) is 24.5 Å². The van der Waals surface area contributed by atoms with Crippen molar-refractivity contribution < 1.29 is 9.84 Å². The second-order valence-corrected chi connectivity index (χ2v) is 7.47. The Kier molecular flexibility index (Phi) is 6.66. The van der Waals surface area contributed by atoms with Crippen LogP contribution in [0.2, 0.25) is 0 Å². The summed E-state index contributed by atoms with van der Waals surface area (Å²) in [6, 6.07) is 10.1. The van der Waals surface area contributed by atoms with Gasteiger partial charge in [-0.05, 0) is 37.6 Å². The highest BCUT2D eigenvalue weighted by Crippen LogP contribution is 2.29. The fraction of sp³-hybridized carbons (Fsp3) is 0.450. The van der Waals surface area contributed by atoms with E-state index in [-0.39, 0.29) is 11.8 Å². The number of aromatic hydroxyl groups is 1. The molecule has 1 atom stereocenters. The van der Waals surface area contributed by atoms with Gasteiger partial charge >= 0.3 is 0 Å². The first-order chi connectivity index (χ1) is 12.7. The van der Waals surface area contributed by atoms with Gasteiger partial charge in [0.15, 0.2) is 11.5 Å². The van der Waals surface area contributed by atoms with Crippen molar-refractivity contribution >= 4 is 17.6 Å². The molecule has 26 heavy (non-hydrogen) atoms. The maximum atomic E-state index is 10.3. The molecule has 1 aromatic carbocycles. The number of piperazine rings is 1. The zero-order chi connectivity index (χ0) is 18.4. The van der Waals surface area contributed by atoms with Crippen LogP contribution in [-0.4, -0.2) is 67.5 Å². The SMILES string of the molecule is CCOc1cccc(C=NC[C@@H](c2cccs2)N2CCN(C)CC2)c1O. The highest BCUT2D eigenvalue weighted by Gasteiger charge is 2.24. The quantitative estimate of drug-likeness (QED) is 0.757. The third-order valence-electron chi connectivity index (χ3n) is 4.69. The van der Waals surface area contributed by atoms with Crippen LogP contribution >= 0.6 is 11.3 Å². The van der Waals surface area contributed by atoms with Crippen LogP contribution in [0.3, 0.4) is 0 Å². The summed E-state index contributed by atoms with van der Waals surface area (Å²) in [6.45, 7) is 7.40. The minimum absolute atomic E-state index is 0.158. The molecule has 3 rings (SSSR count). The molecule has 1 aliphatic heterocycles. The molecule has 5 nitrogen and oxygen atoms in total. The Morgan fingerprint density at radius 1 is 1.23 bits per heavy atom. The van der Waals surface area contributed by atoms with E-state index in [1.807, 2.05) is 19.1 Å². The van der Waals surface area contributed by atoms with Gasteiger partial charge in [0, 0.05) is 42.8 Å². The summed E-state index contributed by atoms with van der Waals surface area (Å²) in [5, 5.41) is 12.4. The fourth-order valence-electron chi connectivity index (χ4n) is 3.17. The number of phenolic OH excluding ortho intramolecular Hbond substituents is 1. The Labute approximate surface area is 159 Å². The van der Waals surface area contributed by atoms with Crippen molar-refractivity contribution in [1.82, 2.24) is 9.80 Å². The molecule has 1 saturated heterocycles. The lowest BCUT2D eigenvalue weighted by Crippen LogP contribution is -2.46. The van der Waals surface area contributed by atoms with Gasteiger partial charge in [0.2, 0.25) is 0 Å². The molecule has 140 valence electrons. The van der Waals surface area contributed by atoms with E-state index < -0.39 is 0 Å². The second-order valence-electron chi connectivity index (χ2n) is 6.49. The Morgan fingerprint density at radius 2 is 2.04 bits per heavy atom. The maximum Gasteiger partial charge on any atom is 0.166 e. The zero-order valence-corrected chi connectivity index (χ0v) is 16.3. The van der Waals surface area contributed by atoms with Crippen molar-refractivity contribution in [2.24, 2.45) is 4.99 Å². The van der Waals surface area contributed by atoms with E-state index in [0.717, 1.165) is 26.2 Å². The minimum atomic E-state index is 0.158. The van der Waals surface area contributed by atoms with Gasteiger partial charge in [-0.25, -0.2) is 0 Å². The van der Waals surface area contributed by atoms with Gasteiger partial charge in [0.25, 0.3) is 0 Å². The third kappa shape index (κ3) is 4.63.